The quantitative estimate of drug-likeness (QED) is 0.707. The van der Waals surface area contributed by atoms with Crippen LogP contribution in [0, 0.1) is 6.07 Å². The molecule has 1 radical (unpaired) electrons. The predicted molar refractivity (Wildman–Crippen MR) is 69.3 cm³/mol. The lowest BCUT2D eigenvalue weighted by Gasteiger charge is -2.20. The average Bonchev–Trinajstić information content (AvgIpc) is 2.04. The highest BCUT2D eigenvalue weighted by Gasteiger charge is 2.10. The molecule has 0 saturated heterocycles. The predicted octanol–water partition coefficient (Wildman–Crippen LogP) is 3.97. The third-order valence-corrected chi connectivity index (χ3v) is 1.11. The molecular weight excluding hydrogens is 320 g/mol. The van der Waals surface area contributed by atoms with Crippen molar-refractivity contribution in [3.05, 3.63) is 30.3 Å². The van der Waals surface area contributed by atoms with Crippen LogP contribution in [0.25, 0.3) is 0 Å². The molecule has 0 atom stereocenters. The van der Waals surface area contributed by atoms with E-state index in [0.29, 0.717) is 0 Å². The zero-order valence-corrected chi connectivity index (χ0v) is 13.3. The molecule has 4 heteroatoms. The van der Waals surface area contributed by atoms with Crippen molar-refractivity contribution in [2.75, 3.05) is 0 Å². The summed E-state index contributed by atoms with van der Waals surface area (Å²) < 4.78 is 5.58. The van der Waals surface area contributed by atoms with E-state index in [1.807, 2.05) is 45.0 Å². The van der Waals surface area contributed by atoms with E-state index in [9.17, 15) is 0 Å². The second kappa shape index (κ2) is 7.96. The molecule has 1 aromatic carbocycles. The van der Waals surface area contributed by atoms with E-state index >= 15 is 0 Å². The van der Waals surface area contributed by atoms with Crippen LogP contribution in [0.5, 0.6) is 5.75 Å². The van der Waals surface area contributed by atoms with E-state index in [1.165, 1.54) is 0 Å². The first kappa shape index (κ1) is 14.7. The molecule has 0 fully saturated rings. The highest BCUT2D eigenvalue weighted by molar-refractivity contribution is 9.47. The summed E-state index contributed by atoms with van der Waals surface area (Å²) in [6, 6.07) is 10.5. The van der Waals surface area contributed by atoms with Gasteiger partial charge in [-0.3, -0.25) is 25.8 Å². The highest BCUT2D eigenvalue weighted by atomic mass is 79.9. The van der Waals surface area contributed by atoms with E-state index in [4.69, 9.17) is 4.74 Å². The Morgan fingerprint density at radius 2 is 1.64 bits per heavy atom. The number of halogens is 2. The lowest BCUT2D eigenvalue weighted by molar-refractivity contribution is 0.131. The van der Waals surface area contributed by atoms with Crippen molar-refractivity contribution in [1.29, 1.82) is 0 Å². The van der Waals surface area contributed by atoms with Crippen LogP contribution in [0.15, 0.2) is 24.3 Å². The summed E-state index contributed by atoms with van der Waals surface area (Å²) in [6.45, 7) is 6.09. The molecule has 0 heterocycles. The second-order valence-corrected chi connectivity index (χ2v) is 11.6. The molecule has 0 aliphatic rings. The van der Waals surface area contributed by atoms with Gasteiger partial charge in [-0.15, -0.1) is 0 Å². The first-order valence-electron chi connectivity index (χ1n) is 4.26. The molecule has 0 aliphatic heterocycles. The van der Waals surface area contributed by atoms with Gasteiger partial charge in [0, 0.05) is 0 Å². The molecule has 14 heavy (non-hydrogen) atoms. The number of hydrogen-bond donors (Lipinski definition) is 0. The van der Waals surface area contributed by atoms with Crippen LogP contribution < -0.4 is 4.74 Å². The molecule has 0 amide bonds. The minimum absolute atomic E-state index is 0.0417. The summed E-state index contributed by atoms with van der Waals surface area (Å²) >= 11 is 6.44. The third-order valence-electron chi connectivity index (χ3n) is 1.11. The SMILES string of the molecule is CC(C)(C)Oc1cc[c]cc1.[Br][Mg][Br]. The van der Waals surface area contributed by atoms with Gasteiger partial charge in [0.15, 0.2) is 0 Å². The van der Waals surface area contributed by atoms with E-state index in [2.05, 4.69) is 31.8 Å². The summed E-state index contributed by atoms with van der Waals surface area (Å²) in [5, 5.41) is 0. The number of hydrogen-bond acceptors (Lipinski definition) is 1. The fraction of sp³-hybridized carbons (Fsp3) is 0.400. The lowest BCUT2D eigenvalue weighted by Crippen LogP contribution is -2.22. The van der Waals surface area contributed by atoms with Crippen LogP contribution in [-0.4, -0.2) is 21.6 Å². The topological polar surface area (TPSA) is 9.23 Å². The first-order valence-corrected chi connectivity index (χ1v) is 12.1. The zero-order valence-electron chi connectivity index (χ0n) is 8.68. The van der Waals surface area contributed by atoms with Gasteiger partial charge >= 0.3 is 16.0 Å². The van der Waals surface area contributed by atoms with Gasteiger partial charge in [-0.25, -0.2) is 0 Å². The van der Waals surface area contributed by atoms with E-state index in [1.54, 1.807) is 0 Å². The molecule has 1 nitrogen and oxygen atoms in total. The summed E-state index contributed by atoms with van der Waals surface area (Å²) in [5.41, 5.74) is -0.110. The Kier molecular flexibility index (Phi) is 8.39. The second-order valence-electron chi connectivity index (χ2n) is 3.55. The van der Waals surface area contributed by atoms with Crippen LogP contribution in [0.4, 0.5) is 0 Å². The maximum atomic E-state index is 5.58. The Balaban J connectivity index is 0.000000500. The van der Waals surface area contributed by atoms with E-state index in [0.717, 1.165) is 5.75 Å². The summed E-state index contributed by atoms with van der Waals surface area (Å²) in [4.78, 5) is 0. The van der Waals surface area contributed by atoms with Crippen LogP contribution in [0.2, 0.25) is 0 Å². The minimum Gasteiger partial charge on any atom is -0.488 e. The number of rotatable bonds is 1. The van der Waals surface area contributed by atoms with Gasteiger partial charge in [0.25, 0.3) is 0 Å². The molecule has 0 aromatic heterocycles. The molecule has 75 valence electrons. The third kappa shape index (κ3) is 9.31. The Morgan fingerprint density at radius 3 is 2.00 bits per heavy atom. The van der Waals surface area contributed by atoms with Crippen LogP contribution in [0.3, 0.4) is 0 Å². The molecule has 0 saturated carbocycles. The molecule has 0 bridgehead atoms. The Hall–Kier alpha value is 0.746. The van der Waals surface area contributed by atoms with E-state index in [-0.39, 0.29) is 21.6 Å². The van der Waals surface area contributed by atoms with Crippen molar-refractivity contribution < 1.29 is 4.74 Å². The van der Waals surface area contributed by atoms with E-state index < -0.39 is 0 Å². The largest absolute Gasteiger partial charge is 0.560 e. The van der Waals surface area contributed by atoms with Gasteiger partial charge in [0.05, 0.1) is 0 Å². The van der Waals surface area contributed by atoms with Gasteiger partial charge in [0.1, 0.15) is 11.4 Å². The Bertz CT molecular complexity index is 234. The fourth-order valence-electron chi connectivity index (χ4n) is 0.793. The molecule has 1 aromatic rings. The number of ether oxygens (including phenoxy) is 1. The van der Waals surface area contributed by atoms with Crippen molar-refractivity contribution in [2.24, 2.45) is 0 Å². The highest BCUT2D eigenvalue weighted by Crippen LogP contribution is 2.15. The molecule has 1 rings (SSSR count). The average molecular weight is 333 g/mol. The van der Waals surface area contributed by atoms with Crippen molar-refractivity contribution >= 4 is 41.8 Å². The fourth-order valence-corrected chi connectivity index (χ4v) is 0.793. The van der Waals surface area contributed by atoms with Gasteiger partial charge in [-0.05, 0) is 39.0 Å². The monoisotopic (exact) mass is 331 g/mol. The van der Waals surface area contributed by atoms with Crippen molar-refractivity contribution in [3.8, 4) is 5.75 Å². The van der Waals surface area contributed by atoms with Gasteiger partial charge in [0.2, 0.25) is 0 Å². The standard InChI is InChI=1S/C10H13O.2BrH.Mg/c1-10(2,3)11-9-7-5-4-6-8-9;;;/h5-8H,1-3H3;2*1H;/q;;;+2/p-2. The molecular formula is C10H13Br2MgO. The van der Waals surface area contributed by atoms with Crippen molar-refractivity contribution in [1.82, 2.24) is 0 Å². The zero-order chi connectivity index (χ0) is 11.0. The van der Waals surface area contributed by atoms with Gasteiger partial charge < -0.3 is 4.74 Å². The van der Waals surface area contributed by atoms with Crippen molar-refractivity contribution in [3.63, 3.8) is 0 Å². The number of benzene rings is 1. The first-order chi connectivity index (χ1) is 6.49. The Morgan fingerprint density at radius 1 is 1.21 bits per heavy atom. The van der Waals surface area contributed by atoms with Crippen LogP contribution in [0.1, 0.15) is 20.8 Å². The minimum atomic E-state index is -0.110. The van der Waals surface area contributed by atoms with Gasteiger partial charge in [-0.2, -0.15) is 0 Å². The lowest BCUT2D eigenvalue weighted by atomic mass is 10.2. The molecule has 0 aliphatic carbocycles. The molecule has 0 spiro atoms. The summed E-state index contributed by atoms with van der Waals surface area (Å²) in [5.74, 6) is 0.899. The smallest absolute Gasteiger partial charge is 0.488 e. The summed E-state index contributed by atoms with van der Waals surface area (Å²) in [6.07, 6.45) is 0. The van der Waals surface area contributed by atoms with Crippen molar-refractivity contribution in [2.45, 2.75) is 26.4 Å². The normalized spacial score (nSPS) is 9.50. The Labute approximate surface area is 108 Å². The maximum absolute atomic E-state index is 5.58. The van der Waals surface area contributed by atoms with Crippen LogP contribution in [-0.2, 0) is 0 Å². The van der Waals surface area contributed by atoms with Crippen LogP contribution >= 0.6 is 25.8 Å². The van der Waals surface area contributed by atoms with Gasteiger partial charge in [-0.1, -0.05) is 12.1 Å². The maximum Gasteiger partial charge on any atom is 0.560 e. The summed E-state index contributed by atoms with van der Waals surface area (Å²) in [7, 11) is 0. The molecule has 0 N–H and O–H groups in total. The molecule has 0 unspecified atom stereocenters.